The van der Waals surface area contributed by atoms with Crippen molar-refractivity contribution < 1.29 is 9.16 Å². The highest BCUT2D eigenvalue weighted by molar-refractivity contribution is 7.99. The molecule has 1 aliphatic rings. The van der Waals surface area contributed by atoms with Crippen LogP contribution >= 0.6 is 23.4 Å². The van der Waals surface area contributed by atoms with E-state index in [1.807, 2.05) is 18.7 Å². The number of allylic oxidation sites excluding steroid dienone is 1. The number of aryl methyl sites for hydroxylation is 1. The molecule has 3 nitrogen and oxygen atoms in total. The third-order valence-corrected chi connectivity index (χ3v) is 13.5. The first-order valence-electron chi connectivity index (χ1n) is 12.8. The highest BCUT2D eigenvalue weighted by atomic mass is 35.5. The standard InChI is InChI=1S/C29H42ClNO2SSi/c1-21-13-15-26(31-28(21)32-5)24(19-22-11-8-9-12-22)23-14-16-27(25(30)20-23)34-18-10-17-33-35(6,7)29(2,3)4/h13-16,19-20,22H,8-12,17-18H2,1-7H3/b24-19+. The molecule has 1 heterocycles. The maximum Gasteiger partial charge on any atom is 0.216 e. The van der Waals surface area contributed by atoms with Gasteiger partial charge in [-0.05, 0) is 74.0 Å². The summed E-state index contributed by atoms with van der Waals surface area (Å²) >= 11 is 8.60. The first-order valence-corrected chi connectivity index (χ1v) is 17.1. The molecule has 0 atom stereocenters. The number of thioether (sulfide) groups is 1. The molecule has 6 heteroatoms. The molecule has 192 valence electrons. The van der Waals surface area contributed by atoms with Crippen LogP contribution in [0.15, 0.2) is 41.3 Å². The van der Waals surface area contributed by atoms with Gasteiger partial charge < -0.3 is 9.16 Å². The van der Waals surface area contributed by atoms with E-state index in [1.54, 1.807) is 7.11 Å². The molecular weight excluding hydrogens is 490 g/mol. The van der Waals surface area contributed by atoms with E-state index in [1.165, 1.54) is 25.7 Å². The number of nitrogens with zero attached hydrogens (tertiary/aromatic N) is 1. The molecule has 0 radical (unpaired) electrons. The second kappa shape index (κ2) is 12.3. The van der Waals surface area contributed by atoms with Gasteiger partial charge in [-0.25, -0.2) is 4.98 Å². The van der Waals surface area contributed by atoms with Crippen LogP contribution in [0.25, 0.3) is 5.57 Å². The Morgan fingerprint density at radius 2 is 1.89 bits per heavy atom. The average Bonchev–Trinajstić information content (AvgIpc) is 3.31. The van der Waals surface area contributed by atoms with E-state index < -0.39 is 8.32 Å². The molecule has 0 aliphatic heterocycles. The van der Waals surface area contributed by atoms with Gasteiger partial charge in [0, 0.05) is 28.4 Å². The van der Waals surface area contributed by atoms with Gasteiger partial charge in [-0.3, -0.25) is 0 Å². The average molecular weight is 532 g/mol. The van der Waals surface area contributed by atoms with Crippen LogP contribution in [0.5, 0.6) is 5.88 Å². The number of aromatic nitrogens is 1. The zero-order valence-corrected chi connectivity index (χ0v) is 25.1. The van der Waals surface area contributed by atoms with E-state index >= 15 is 0 Å². The summed E-state index contributed by atoms with van der Waals surface area (Å²) in [5.74, 6) is 2.26. The molecule has 1 aromatic carbocycles. The Hall–Kier alpha value is -1.27. The zero-order chi connectivity index (χ0) is 25.6. The topological polar surface area (TPSA) is 31.4 Å². The number of hydrogen-bond donors (Lipinski definition) is 0. The van der Waals surface area contributed by atoms with Gasteiger partial charge in [0.25, 0.3) is 0 Å². The summed E-state index contributed by atoms with van der Waals surface area (Å²) in [6.45, 7) is 14.3. The Balaban J connectivity index is 1.72. The summed E-state index contributed by atoms with van der Waals surface area (Å²) in [6, 6.07) is 10.6. The Morgan fingerprint density at radius 3 is 2.51 bits per heavy atom. The van der Waals surface area contributed by atoms with E-state index in [0.29, 0.717) is 11.8 Å². The van der Waals surface area contributed by atoms with Crippen LogP contribution in [0.3, 0.4) is 0 Å². The van der Waals surface area contributed by atoms with E-state index in [9.17, 15) is 0 Å². The van der Waals surface area contributed by atoms with Crippen molar-refractivity contribution in [2.75, 3.05) is 19.5 Å². The monoisotopic (exact) mass is 531 g/mol. The van der Waals surface area contributed by atoms with Gasteiger partial charge in [0.15, 0.2) is 8.32 Å². The molecule has 2 aromatic rings. The summed E-state index contributed by atoms with van der Waals surface area (Å²) < 4.78 is 11.8. The predicted molar refractivity (Wildman–Crippen MR) is 155 cm³/mol. The number of benzene rings is 1. The summed E-state index contributed by atoms with van der Waals surface area (Å²) in [4.78, 5) is 5.94. The van der Waals surface area contributed by atoms with Crippen molar-refractivity contribution >= 4 is 37.3 Å². The molecule has 1 fully saturated rings. The predicted octanol–water partition coefficient (Wildman–Crippen LogP) is 9.18. The zero-order valence-electron chi connectivity index (χ0n) is 22.5. The molecule has 1 aromatic heterocycles. The van der Waals surface area contributed by atoms with Crippen molar-refractivity contribution in [1.82, 2.24) is 4.98 Å². The number of ether oxygens (including phenoxy) is 1. The summed E-state index contributed by atoms with van der Waals surface area (Å²) in [7, 11) is 0.000182. The van der Waals surface area contributed by atoms with Gasteiger partial charge in [0.05, 0.1) is 17.8 Å². The van der Waals surface area contributed by atoms with Crippen molar-refractivity contribution in [3.05, 3.63) is 58.3 Å². The van der Waals surface area contributed by atoms with E-state index in [0.717, 1.165) is 51.1 Å². The highest BCUT2D eigenvalue weighted by Crippen LogP contribution is 2.38. The van der Waals surface area contributed by atoms with Gasteiger partial charge in [0.2, 0.25) is 5.88 Å². The molecule has 0 saturated heterocycles. The Bertz CT molecular complexity index is 1030. The molecule has 0 N–H and O–H groups in total. The fourth-order valence-electron chi connectivity index (χ4n) is 4.13. The second-order valence-corrected chi connectivity index (χ2v) is 17.5. The minimum Gasteiger partial charge on any atom is -0.481 e. The minimum absolute atomic E-state index is 0.249. The largest absolute Gasteiger partial charge is 0.481 e. The third-order valence-electron chi connectivity index (χ3n) is 7.38. The van der Waals surface area contributed by atoms with Gasteiger partial charge in [-0.15, -0.1) is 11.8 Å². The fraction of sp³-hybridized carbons (Fsp3) is 0.552. The van der Waals surface area contributed by atoms with Gasteiger partial charge in [-0.1, -0.05) is 63.4 Å². The fourth-order valence-corrected chi connectivity index (χ4v) is 6.40. The molecule has 35 heavy (non-hydrogen) atoms. The lowest BCUT2D eigenvalue weighted by Gasteiger charge is -2.36. The van der Waals surface area contributed by atoms with E-state index in [2.05, 4.69) is 70.3 Å². The van der Waals surface area contributed by atoms with Crippen LogP contribution in [0, 0.1) is 12.8 Å². The van der Waals surface area contributed by atoms with Crippen LogP contribution in [0.2, 0.25) is 23.2 Å². The minimum atomic E-state index is -1.68. The molecule has 0 amide bonds. The first kappa shape index (κ1) is 28.3. The lowest BCUT2D eigenvalue weighted by atomic mass is 9.96. The quantitative estimate of drug-likeness (QED) is 0.174. The lowest BCUT2D eigenvalue weighted by Crippen LogP contribution is -2.41. The number of rotatable bonds is 10. The van der Waals surface area contributed by atoms with Crippen molar-refractivity contribution in [3.8, 4) is 5.88 Å². The second-order valence-electron chi connectivity index (χ2n) is 11.1. The van der Waals surface area contributed by atoms with Crippen LogP contribution in [-0.2, 0) is 4.43 Å². The molecule has 0 unspecified atom stereocenters. The number of methoxy groups -OCH3 is 1. The summed E-state index contributed by atoms with van der Waals surface area (Å²) in [5.41, 5.74) is 4.25. The van der Waals surface area contributed by atoms with Crippen molar-refractivity contribution in [2.45, 2.75) is 82.8 Å². The van der Waals surface area contributed by atoms with Crippen LogP contribution in [0.1, 0.15) is 69.7 Å². The Labute approximate surface area is 223 Å². The lowest BCUT2D eigenvalue weighted by molar-refractivity contribution is 0.289. The molecular formula is C29H42ClNO2SSi. The molecule has 0 spiro atoms. The number of pyridine rings is 1. The van der Waals surface area contributed by atoms with Crippen molar-refractivity contribution in [3.63, 3.8) is 0 Å². The Kier molecular flexibility index (Phi) is 9.96. The van der Waals surface area contributed by atoms with Crippen LogP contribution in [0.4, 0.5) is 0 Å². The number of hydrogen-bond acceptors (Lipinski definition) is 4. The van der Waals surface area contributed by atoms with Gasteiger partial charge in [-0.2, -0.15) is 0 Å². The van der Waals surface area contributed by atoms with Crippen molar-refractivity contribution in [2.24, 2.45) is 5.92 Å². The molecule has 0 bridgehead atoms. The van der Waals surface area contributed by atoms with Gasteiger partial charge in [0.1, 0.15) is 0 Å². The maximum atomic E-state index is 6.79. The number of halogens is 1. The van der Waals surface area contributed by atoms with E-state index in [4.69, 9.17) is 25.7 Å². The molecule has 3 rings (SSSR count). The van der Waals surface area contributed by atoms with Crippen molar-refractivity contribution in [1.29, 1.82) is 0 Å². The smallest absolute Gasteiger partial charge is 0.216 e. The van der Waals surface area contributed by atoms with Crippen LogP contribution in [-0.4, -0.2) is 32.8 Å². The van der Waals surface area contributed by atoms with E-state index in [-0.39, 0.29) is 5.04 Å². The normalized spacial score (nSPS) is 15.6. The molecule has 1 saturated carbocycles. The van der Waals surface area contributed by atoms with Crippen LogP contribution < -0.4 is 4.74 Å². The summed E-state index contributed by atoms with van der Waals surface area (Å²) in [5, 5.41) is 1.05. The highest BCUT2D eigenvalue weighted by Gasteiger charge is 2.36. The van der Waals surface area contributed by atoms with Gasteiger partial charge >= 0.3 is 0 Å². The first-order chi connectivity index (χ1) is 16.5. The molecule has 1 aliphatic carbocycles. The summed E-state index contributed by atoms with van der Waals surface area (Å²) in [6.07, 6.45) is 8.51. The maximum absolute atomic E-state index is 6.79. The third kappa shape index (κ3) is 7.61. The SMILES string of the molecule is COc1nc(/C(=C/C2CCCC2)c2ccc(SCCCO[Si](C)(C)C(C)(C)C)c(Cl)c2)ccc1C. The Morgan fingerprint density at radius 1 is 1.17 bits per heavy atom.